The van der Waals surface area contributed by atoms with Gasteiger partial charge in [0.25, 0.3) is 0 Å². The van der Waals surface area contributed by atoms with Gasteiger partial charge in [-0.2, -0.15) is 0 Å². The van der Waals surface area contributed by atoms with E-state index in [-0.39, 0.29) is 0 Å². The van der Waals surface area contributed by atoms with E-state index < -0.39 is 0 Å². The molecule has 1 aromatic carbocycles. The molecule has 12 heavy (non-hydrogen) atoms. The van der Waals surface area contributed by atoms with Crippen molar-refractivity contribution in [2.24, 2.45) is 0 Å². The van der Waals surface area contributed by atoms with Gasteiger partial charge in [0.2, 0.25) is 0 Å². The Balaban J connectivity index is 0.000000354. The molecule has 0 aliphatic carbocycles. The molecule has 1 N–H and O–H groups in total. The Hall–Kier alpha value is -1.26. The van der Waals surface area contributed by atoms with Gasteiger partial charge in [0, 0.05) is 5.56 Å². The van der Waals surface area contributed by atoms with Crippen LogP contribution in [0.2, 0.25) is 0 Å². The zero-order valence-corrected chi connectivity index (χ0v) is 7.89. The topological polar surface area (TPSA) is 12.0 Å². The molecule has 0 spiro atoms. The lowest BCUT2D eigenvalue weighted by atomic mass is 10.2. The first-order valence-corrected chi connectivity index (χ1v) is 3.91. The van der Waals surface area contributed by atoms with Gasteiger partial charge in [0.1, 0.15) is 0 Å². The fourth-order valence-electron chi connectivity index (χ4n) is 0.666. The molecular weight excluding hydrogens is 146 g/mol. The van der Waals surface area contributed by atoms with Crippen molar-refractivity contribution in [3.8, 4) is 11.8 Å². The summed E-state index contributed by atoms with van der Waals surface area (Å²) < 4.78 is 0. The lowest BCUT2D eigenvalue weighted by molar-refractivity contribution is 1.02. The molecule has 0 amide bonds. The predicted octanol–water partition coefficient (Wildman–Crippen LogP) is 1.89. The molecular formula is C11H15N. The van der Waals surface area contributed by atoms with Gasteiger partial charge in [0.15, 0.2) is 0 Å². The van der Waals surface area contributed by atoms with Crippen molar-refractivity contribution >= 4 is 0 Å². The fourth-order valence-corrected chi connectivity index (χ4v) is 0.666. The Morgan fingerprint density at radius 1 is 1.08 bits per heavy atom. The molecule has 0 aromatic heterocycles. The molecule has 0 aliphatic heterocycles. The maximum Gasteiger partial charge on any atom is 0.0245 e. The Morgan fingerprint density at radius 3 is 2.00 bits per heavy atom. The van der Waals surface area contributed by atoms with Gasteiger partial charge in [-0.15, -0.1) is 5.92 Å². The van der Waals surface area contributed by atoms with E-state index in [0.717, 1.165) is 5.56 Å². The standard InChI is InChI=1S/C9H8.C2H7N/c1-2-6-9-7-4-3-5-8-9;1-3-2/h3-5,7-8H,1H3;3H,1-2H3. The van der Waals surface area contributed by atoms with Crippen molar-refractivity contribution in [1.29, 1.82) is 0 Å². The average Bonchev–Trinajstić information content (AvgIpc) is 2.08. The number of rotatable bonds is 0. The number of benzene rings is 1. The van der Waals surface area contributed by atoms with Crippen LogP contribution in [0.5, 0.6) is 0 Å². The van der Waals surface area contributed by atoms with Crippen LogP contribution in [0, 0.1) is 11.8 Å². The van der Waals surface area contributed by atoms with Gasteiger partial charge in [-0.3, -0.25) is 0 Å². The van der Waals surface area contributed by atoms with E-state index in [1.54, 1.807) is 0 Å². The van der Waals surface area contributed by atoms with Gasteiger partial charge >= 0.3 is 0 Å². The molecule has 1 heteroatoms. The number of nitrogens with one attached hydrogen (secondary N) is 1. The Bertz CT molecular complexity index is 241. The summed E-state index contributed by atoms with van der Waals surface area (Å²) in [6, 6.07) is 9.95. The highest BCUT2D eigenvalue weighted by Gasteiger charge is 1.77. The Kier molecular flexibility index (Phi) is 7.02. The minimum Gasteiger partial charge on any atom is -0.323 e. The smallest absolute Gasteiger partial charge is 0.0245 e. The molecule has 0 bridgehead atoms. The average molecular weight is 161 g/mol. The van der Waals surface area contributed by atoms with Crippen molar-refractivity contribution in [1.82, 2.24) is 5.32 Å². The SMILES string of the molecule is CC#Cc1ccccc1.CNC. The Labute approximate surface area is 74.8 Å². The van der Waals surface area contributed by atoms with E-state index >= 15 is 0 Å². The quantitative estimate of drug-likeness (QED) is 0.573. The zero-order chi connectivity index (χ0) is 9.23. The van der Waals surface area contributed by atoms with Crippen LogP contribution < -0.4 is 5.32 Å². The van der Waals surface area contributed by atoms with Crippen LogP contribution in [-0.2, 0) is 0 Å². The third-order valence-corrected chi connectivity index (χ3v) is 1.04. The minimum atomic E-state index is 1.08. The van der Waals surface area contributed by atoms with Crippen molar-refractivity contribution < 1.29 is 0 Å². The second-order valence-corrected chi connectivity index (χ2v) is 2.24. The maximum absolute atomic E-state index is 2.96. The predicted molar refractivity (Wildman–Crippen MR) is 54.0 cm³/mol. The first-order chi connectivity index (χ1) is 5.85. The molecule has 0 fully saturated rings. The van der Waals surface area contributed by atoms with Crippen LogP contribution in [0.4, 0.5) is 0 Å². The second kappa shape index (κ2) is 7.84. The molecule has 0 heterocycles. The summed E-state index contributed by atoms with van der Waals surface area (Å²) >= 11 is 0. The van der Waals surface area contributed by atoms with E-state index in [0.29, 0.717) is 0 Å². The van der Waals surface area contributed by atoms with Crippen LogP contribution in [-0.4, -0.2) is 14.1 Å². The van der Waals surface area contributed by atoms with Crippen LogP contribution >= 0.6 is 0 Å². The van der Waals surface area contributed by atoms with Crippen molar-refractivity contribution in [2.75, 3.05) is 14.1 Å². The highest BCUT2D eigenvalue weighted by molar-refractivity contribution is 5.32. The van der Waals surface area contributed by atoms with Crippen LogP contribution in [0.3, 0.4) is 0 Å². The van der Waals surface area contributed by atoms with E-state index in [2.05, 4.69) is 17.2 Å². The molecule has 0 radical (unpaired) electrons. The summed E-state index contributed by atoms with van der Waals surface area (Å²) in [6.45, 7) is 1.84. The largest absolute Gasteiger partial charge is 0.323 e. The molecule has 0 saturated heterocycles. The van der Waals surface area contributed by atoms with E-state index in [1.807, 2.05) is 51.4 Å². The maximum atomic E-state index is 2.96. The lowest BCUT2D eigenvalue weighted by Gasteiger charge is -1.83. The van der Waals surface area contributed by atoms with E-state index in [4.69, 9.17) is 0 Å². The molecule has 0 aliphatic rings. The molecule has 1 nitrogen and oxygen atoms in total. The summed E-state index contributed by atoms with van der Waals surface area (Å²) in [4.78, 5) is 0. The summed E-state index contributed by atoms with van der Waals surface area (Å²) in [6.07, 6.45) is 0. The van der Waals surface area contributed by atoms with Crippen LogP contribution in [0.25, 0.3) is 0 Å². The van der Waals surface area contributed by atoms with Gasteiger partial charge in [0.05, 0.1) is 0 Å². The van der Waals surface area contributed by atoms with Gasteiger partial charge in [-0.25, -0.2) is 0 Å². The summed E-state index contributed by atoms with van der Waals surface area (Å²) in [5, 5.41) is 2.75. The van der Waals surface area contributed by atoms with Crippen molar-refractivity contribution in [3.05, 3.63) is 35.9 Å². The van der Waals surface area contributed by atoms with Gasteiger partial charge < -0.3 is 5.32 Å². The normalized spacial score (nSPS) is 7.25. The molecule has 0 saturated carbocycles. The third-order valence-electron chi connectivity index (χ3n) is 1.04. The molecule has 0 atom stereocenters. The third kappa shape index (κ3) is 5.52. The lowest BCUT2D eigenvalue weighted by Crippen LogP contribution is -1.89. The first kappa shape index (κ1) is 10.7. The molecule has 1 aromatic rings. The highest BCUT2D eigenvalue weighted by atomic mass is 14.7. The van der Waals surface area contributed by atoms with Crippen molar-refractivity contribution in [2.45, 2.75) is 6.92 Å². The van der Waals surface area contributed by atoms with E-state index in [1.165, 1.54) is 0 Å². The Morgan fingerprint density at radius 2 is 1.58 bits per heavy atom. The monoisotopic (exact) mass is 161 g/mol. The van der Waals surface area contributed by atoms with Gasteiger partial charge in [-0.1, -0.05) is 24.1 Å². The molecule has 64 valence electrons. The molecule has 0 unspecified atom stereocenters. The zero-order valence-electron chi connectivity index (χ0n) is 7.89. The summed E-state index contributed by atoms with van der Waals surface area (Å²) in [5.41, 5.74) is 1.08. The van der Waals surface area contributed by atoms with Gasteiger partial charge in [-0.05, 0) is 33.2 Å². The van der Waals surface area contributed by atoms with Crippen LogP contribution in [0.15, 0.2) is 30.3 Å². The minimum absolute atomic E-state index is 1.08. The molecule has 1 rings (SSSR count). The number of hydrogen-bond donors (Lipinski definition) is 1. The van der Waals surface area contributed by atoms with Crippen LogP contribution in [0.1, 0.15) is 12.5 Å². The highest BCUT2D eigenvalue weighted by Crippen LogP contribution is 1.93. The van der Waals surface area contributed by atoms with E-state index in [9.17, 15) is 0 Å². The first-order valence-electron chi connectivity index (χ1n) is 3.91. The summed E-state index contributed by atoms with van der Waals surface area (Å²) in [5.74, 6) is 5.79. The van der Waals surface area contributed by atoms with Crippen molar-refractivity contribution in [3.63, 3.8) is 0 Å². The summed E-state index contributed by atoms with van der Waals surface area (Å²) in [7, 11) is 3.75. The fraction of sp³-hybridized carbons (Fsp3) is 0.273. The second-order valence-electron chi connectivity index (χ2n) is 2.24. The number of hydrogen-bond acceptors (Lipinski definition) is 1.